The van der Waals surface area contributed by atoms with Gasteiger partial charge >= 0.3 is 0 Å². The lowest BCUT2D eigenvalue weighted by atomic mass is 9.85. The highest BCUT2D eigenvalue weighted by molar-refractivity contribution is 5.23. The predicted molar refractivity (Wildman–Crippen MR) is 82.2 cm³/mol. The van der Waals surface area contributed by atoms with Gasteiger partial charge in [0.2, 0.25) is 0 Å². The van der Waals surface area contributed by atoms with Gasteiger partial charge in [0.1, 0.15) is 0 Å². The molecule has 0 amide bonds. The maximum atomic E-state index is 6.30. The van der Waals surface area contributed by atoms with Gasteiger partial charge in [0.25, 0.3) is 0 Å². The van der Waals surface area contributed by atoms with Crippen molar-refractivity contribution in [3.63, 3.8) is 0 Å². The van der Waals surface area contributed by atoms with Gasteiger partial charge in [-0.05, 0) is 50.8 Å². The maximum Gasteiger partial charge on any atom is 0.0307 e. The van der Waals surface area contributed by atoms with E-state index < -0.39 is 0 Å². The number of rotatable bonds is 7. The van der Waals surface area contributed by atoms with Crippen molar-refractivity contribution >= 4 is 0 Å². The summed E-state index contributed by atoms with van der Waals surface area (Å²) in [6.45, 7) is 7.93. The molecule has 1 aromatic rings. The van der Waals surface area contributed by atoms with Crippen LogP contribution < -0.4 is 5.73 Å². The van der Waals surface area contributed by atoms with Crippen LogP contribution >= 0.6 is 0 Å². The Labute approximate surface area is 118 Å². The molecule has 2 rings (SSSR count). The van der Waals surface area contributed by atoms with Crippen LogP contribution in [0.4, 0.5) is 0 Å². The molecule has 0 aromatic heterocycles. The monoisotopic (exact) mass is 260 g/mol. The van der Waals surface area contributed by atoms with Gasteiger partial charge in [0.05, 0.1) is 0 Å². The van der Waals surface area contributed by atoms with E-state index in [1.54, 1.807) is 0 Å². The van der Waals surface area contributed by atoms with E-state index in [4.69, 9.17) is 5.73 Å². The summed E-state index contributed by atoms with van der Waals surface area (Å²) in [6, 6.07) is 8.82. The van der Waals surface area contributed by atoms with Gasteiger partial charge in [0, 0.05) is 12.6 Å². The highest BCUT2D eigenvalue weighted by Gasteiger charge is 2.20. The van der Waals surface area contributed by atoms with Crippen LogP contribution in [-0.2, 0) is 0 Å². The molecule has 0 bridgehead atoms. The summed E-state index contributed by atoms with van der Waals surface area (Å²) in [7, 11) is 0. The molecule has 106 valence electrons. The SMILES string of the molecule is CCN(CCC(N)c1ccc(C)cc1)CC1CCC1. The van der Waals surface area contributed by atoms with Crippen LogP contribution in [0.2, 0.25) is 0 Å². The quantitative estimate of drug-likeness (QED) is 0.813. The molecule has 19 heavy (non-hydrogen) atoms. The highest BCUT2D eigenvalue weighted by Crippen LogP contribution is 2.27. The number of benzene rings is 1. The van der Waals surface area contributed by atoms with E-state index in [-0.39, 0.29) is 6.04 Å². The largest absolute Gasteiger partial charge is 0.324 e. The molecule has 1 saturated carbocycles. The lowest BCUT2D eigenvalue weighted by Crippen LogP contribution is -2.34. The van der Waals surface area contributed by atoms with Crippen molar-refractivity contribution in [1.82, 2.24) is 4.90 Å². The number of aryl methyl sites for hydroxylation is 1. The minimum absolute atomic E-state index is 0.177. The van der Waals surface area contributed by atoms with Crippen LogP contribution in [0.25, 0.3) is 0 Å². The van der Waals surface area contributed by atoms with Crippen molar-refractivity contribution in [3.05, 3.63) is 35.4 Å². The summed E-state index contributed by atoms with van der Waals surface area (Å²) in [5.41, 5.74) is 8.87. The lowest BCUT2D eigenvalue weighted by Gasteiger charge is -2.32. The van der Waals surface area contributed by atoms with Crippen molar-refractivity contribution < 1.29 is 0 Å². The minimum atomic E-state index is 0.177. The van der Waals surface area contributed by atoms with Gasteiger partial charge in [0.15, 0.2) is 0 Å². The molecule has 1 atom stereocenters. The summed E-state index contributed by atoms with van der Waals surface area (Å²) in [4.78, 5) is 2.57. The predicted octanol–water partition coefficient (Wildman–Crippen LogP) is 3.51. The van der Waals surface area contributed by atoms with Crippen LogP contribution in [0, 0.1) is 12.8 Å². The second kappa shape index (κ2) is 7.06. The fourth-order valence-electron chi connectivity index (χ4n) is 2.72. The molecule has 1 aromatic carbocycles. The summed E-state index contributed by atoms with van der Waals surface area (Å²) < 4.78 is 0. The molecular formula is C17H28N2. The van der Waals surface area contributed by atoms with E-state index in [0.29, 0.717) is 0 Å². The van der Waals surface area contributed by atoms with E-state index in [9.17, 15) is 0 Å². The van der Waals surface area contributed by atoms with Crippen molar-refractivity contribution in [3.8, 4) is 0 Å². The first-order valence-corrected chi connectivity index (χ1v) is 7.73. The second-order valence-corrected chi connectivity index (χ2v) is 6.00. The van der Waals surface area contributed by atoms with Crippen molar-refractivity contribution in [1.29, 1.82) is 0 Å². The van der Waals surface area contributed by atoms with E-state index in [1.807, 2.05) is 0 Å². The first-order chi connectivity index (χ1) is 9.19. The minimum Gasteiger partial charge on any atom is -0.324 e. The Morgan fingerprint density at radius 1 is 1.26 bits per heavy atom. The zero-order valence-corrected chi connectivity index (χ0v) is 12.4. The zero-order chi connectivity index (χ0) is 13.7. The molecule has 1 aliphatic carbocycles. The fourth-order valence-corrected chi connectivity index (χ4v) is 2.72. The molecule has 2 N–H and O–H groups in total. The number of hydrogen-bond donors (Lipinski definition) is 1. The van der Waals surface area contributed by atoms with Crippen molar-refractivity contribution in [2.45, 2.75) is 45.6 Å². The fraction of sp³-hybridized carbons (Fsp3) is 0.647. The summed E-state index contributed by atoms with van der Waals surface area (Å²) in [5, 5.41) is 0. The Kier molecular flexibility index (Phi) is 5.41. The maximum absolute atomic E-state index is 6.30. The Morgan fingerprint density at radius 3 is 2.47 bits per heavy atom. The topological polar surface area (TPSA) is 29.3 Å². The Balaban J connectivity index is 1.77. The van der Waals surface area contributed by atoms with E-state index in [1.165, 1.54) is 36.9 Å². The summed E-state index contributed by atoms with van der Waals surface area (Å²) >= 11 is 0. The van der Waals surface area contributed by atoms with E-state index in [0.717, 1.165) is 25.4 Å². The van der Waals surface area contributed by atoms with Gasteiger partial charge in [-0.15, -0.1) is 0 Å². The smallest absolute Gasteiger partial charge is 0.0307 e. The summed E-state index contributed by atoms with van der Waals surface area (Å²) in [5.74, 6) is 0.954. The molecule has 2 nitrogen and oxygen atoms in total. The average Bonchev–Trinajstić information content (AvgIpc) is 2.37. The van der Waals surface area contributed by atoms with E-state index >= 15 is 0 Å². The van der Waals surface area contributed by atoms with E-state index in [2.05, 4.69) is 43.0 Å². The van der Waals surface area contributed by atoms with Crippen LogP contribution in [-0.4, -0.2) is 24.5 Å². The average molecular weight is 260 g/mol. The van der Waals surface area contributed by atoms with Gasteiger partial charge in [-0.25, -0.2) is 0 Å². The zero-order valence-electron chi connectivity index (χ0n) is 12.4. The number of hydrogen-bond acceptors (Lipinski definition) is 2. The third-order valence-corrected chi connectivity index (χ3v) is 4.45. The second-order valence-electron chi connectivity index (χ2n) is 6.00. The lowest BCUT2D eigenvalue weighted by molar-refractivity contribution is 0.180. The Bertz CT molecular complexity index is 367. The Hall–Kier alpha value is -0.860. The highest BCUT2D eigenvalue weighted by atomic mass is 15.1. The Morgan fingerprint density at radius 2 is 1.95 bits per heavy atom. The molecule has 2 heteroatoms. The molecule has 0 spiro atoms. The molecule has 1 aliphatic rings. The third-order valence-electron chi connectivity index (χ3n) is 4.45. The van der Waals surface area contributed by atoms with Gasteiger partial charge < -0.3 is 10.6 Å². The van der Waals surface area contributed by atoms with Crippen molar-refractivity contribution in [2.75, 3.05) is 19.6 Å². The molecular weight excluding hydrogens is 232 g/mol. The van der Waals surface area contributed by atoms with Gasteiger partial charge in [-0.3, -0.25) is 0 Å². The molecule has 0 heterocycles. The summed E-state index contributed by atoms with van der Waals surface area (Å²) in [6.07, 6.45) is 5.36. The first kappa shape index (κ1) is 14.5. The first-order valence-electron chi connectivity index (χ1n) is 7.73. The standard InChI is InChI=1S/C17H28N2/c1-3-19(13-15-5-4-6-15)12-11-17(18)16-9-7-14(2)8-10-16/h7-10,15,17H,3-6,11-13,18H2,1-2H3. The van der Waals surface area contributed by atoms with Crippen LogP contribution in [0.15, 0.2) is 24.3 Å². The molecule has 0 saturated heterocycles. The molecule has 0 radical (unpaired) electrons. The van der Waals surface area contributed by atoms with Gasteiger partial charge in [-0.1, -0.05) is 43.2 Å². The van der Waals surface area contributed by atoms with Crippen LogP contribution in [0.1, 0.15) is 49.8 Å². The van der Waals surface area contributed by atoms with Crippen LogP contribution in [0.3, 0.4) is 0 Å². The molecule has 1 unspecified atom stereocenters. The number of nitrogens with zero attached hydrogens (tertiary/aromatic N) is 1. The molecule has 1 fully saturated rings. The molecule has 0 aliphatic heterocycles. The van der Waals surface area contributed by atoms with Crippen LogP contribution in [0.5, 0.6) is 0 Å². The number of nitrogens with two attached hydrogens (primary N) is 1. The van der Waals surface area contributed by atoms with Gasteiger partial charge in [-0.2, -0.15) is 0 Å². The third kappa shape index (κ3) is 4.32. The normalized spacial score (nSPS) is 17.5. The van der Waals surface area contributed by atoms with Crippen molar-refractivity contribution in [2.24, 2.45) is 11.7 Å².